The van der Waals surface area contributed by atoms with Gasteiger partial charge in [0, 0.05) is 37.6 Å². The molecule has 2 aliphatic rings. The van der Waals surface area contributed by atoms with Crippen molar-refractivity contribution in [3.63, 3.8) is 0 Å². The highest BCUT2D eigenvalue weighted by Crippen LogP contribution is 2.36. The average Bonchev–Trinajstić information content (AvgIpc) is 2.69. The molecule has 0 unspecified atom stereocenters. The summed E-state index contributed by atoms with van der Waals surface area (Å²) in [4.78, 5) is 4.26. The summed E-state index contributed by atoms with van der Waals surface area (Å²) in [6.07, 6.45) is 4.30. The van der Waals surface area contributed by atoms with Crippen LogP contribution in [-0.4, -0.2) is 26.2 Å². The molecule has 0 bridgehead atoms. The highest BCUT2D eigenvalue weighted by atomic mass is 19.1. The minimum atomic E-state index is -0.239. The first kappa shape index (κ1) is 18.8. The Morgan fingerprint density at radius 3 is 1.32 bits per heavy atom. The maximum Gasteiger partial charge on any atom is 0.148 e. The van der Waals surface area contributed by atoms with Crippen LogP contribution in [0.15, 0.2) is 36.4 Å². The molecule has 2 saturated heterocycles. The summed E-state index contributed by atoms with van der Waals surface area (Å²) >= 11 is 0. The second kappa shape index (κ2) is 7.86. The lowest BCUT2D eigenvalue weighted by Crippen LogP contribution is -2.41. The summed E-state index contributed by atoms with van der Waals surface area (Å²) in [5.74, 6) is 0.840. The molecule has 2 aromatic rings. The molecular weight excluding hydrogens is 358 g/mol. The van der Waals surface area contributed by atoms with Gasteiger partial charge in [-0.2, -0.15) is 0 Å². The second-order valence-corrected chi connectivity index (χ2v) is 8.07. The molecule has 0 spiro atoms. The van der Waals surface area contributed by atoms with Gasteiger partial charge in [0.1, 0.15) is 11.6 Å². The molecule has 6 heteroatoms. The van der Waals surface area contributed by atoms with Gasteiger partial charge in [0.15, 0.2) is 0 Å². The number of nitrogen functional groups attached to an aromatic ring is 2. The van der Waals surface area contributed by atoms with E-state index in [9.17, 15) is 8.78 Å². The van der Waals surface area contributed by atoms with E-state index >= 15 is 0 Å². The predicted octanol–water partition coefficient (Wildman–Crippen LogP) is 4.26. The van der Waals surface area contributed by atoms with Crippen molar-refractivity contribution in [3.8, 4) is 0 Å². The lowest BCUT2D eigenvalue weighted by Gasteiger charge is -2.41. The van der Waals surface area contributed by atoms with Crippen LogP contribution in [0.5, 0.6) is 0 Å². The quantitative estimate of drug-likeness (QED) is 0.774. The van der Waals surface area contributed by atoms with Gasteiger partial charge in [0.2, 0.25) is 0 Å². The normalized spacial score (nSPS) is 19.2. The van der Waals surface area contributed by atoms with Gasteiger partial charge in [0.05, 0.1) is 11.4 Å². The summed E-state index contributed by atoms with van der Waals surface area (Å²) in [6, 6.07) is 9.88. The Balaban J connectivity index is 1.31. The zero-order valence-corrected chi connectivity index (χ0v) is 16.1. The molecule has 28 heavy (non-hydrogen) atoms. The molecule has 0 radical (unpaired) electrons. The maximum atomic E-state index is 14.2. The van der Waals surface area contributed by atoms with Crippen LogP contribution in [0.25, 0.3) is 0 Å². The Kier molecular flexibility index (Phi) is 5.29. The van der Waals surface area contributed by atoms with Crippen molar-refractivity contribution < 1.29 is 8.78 Å². The molecule has 0 atom stereocenters. The Hall–Kier alpha value is -2.50. The molecule has 2 aromatic carbocycles. The number of rotatable bonds is 3. The first-order valence-electron chi connectivity index (χ1n) is 10.1. The van der Waals surface area contributed by atoms with E-state index in [1.807, 2.05) is 0 Å². The highest BCUT2D eigenvalue weighted by Gasteiger charge is 2.30. The number of halogens is 2. The first-order valence-corrected chi connectivity index (χ1v) is 10.1. The van der Waals surface area contributed by atoms with E-state index in [2.05, 4.69) is 9.80 Å². The van der Waals surface area contributed by atoms with Crippen molar-refractivity contribution in [2.45, 2.75) is 25.7 Å². The Morgan fingerprint density at radius 1 is 0.643 bits per heavy atom. The van der Waals surface area contributed by atoms with Crippen LogP contribution >= 0.6 is 0 Å². The first-order chi connectivity index (χ1) is 13.5. The lowest BCUT2D eigenvalue weighted by molar-refractivity contribution is 0.232. The number of hydrogen-bond donors (Lipinski definition) is 2. The monoisotopic (exact) mass is 386 g/mol. The van der Waals surface area contributed by atoms with Gasteiger partial charge >= 0.3 is 0 Å². The molecule has 2 heterocycles. The van der Waals surface area contributed by atoms with E-state index in [0.717, 1.165) is 51.9 Å². The van der Waals surface area contributed by atoms with Gasteiger partial charge < -0.3 is 21.3 Å². The van der Waals surface area contributed by atoms with E-state index in [-0.39, 0.29) is 11.6 Å². The van der Waals surface area contributed by atoms with Crippen molar-refractivity contribution in [2.75, 3.05) is 47.4 Å². The van der Waals surface area contributed by atoms with Gasteiger partial charge in [-0.25, -0.2) is 8.78 Å². The third-order valence-corrected chi connectivity index (χ3v) is 6.37. The van der Waals surface area contributed by atoms with E-state index in [1.54, 1.807) is 24.3 Å². The number of anilines is 4. The molecule has 0 aromatic heterocycles. The van der Waals surface area contributed by atoms with Crippen molar-refractivity contribution >= 4 is 22.7 Å². The topological polar surface area (TPSA) is 58.5 Å². The van der Waals surface area contributed by atoms with E-state index < -0.39 is 0 Å². The highest BCUT2D eigenvalue weighted by molar-refractivity contribution is 5.55. The van der Waals surface area contributed by atoms with Crippen molar-refractivity contribution in [1.82, 2.24) is 0 Å². The lowest BCUT2D eigenvalue weighted by atomic mass is 9.78. The molecule has 2 fully saturated rings. The number of nitrogens with zero attached hydrogens (tertiary/aromatic N) is 2. The second-order valence-electron chi connectivity index (χ2n) is 8.07. The number of nitrogens with two attached hydrogens (primary N) is 2. The number of hydrogen-bond acceptors (Lipinski definition) is 4. The molecule has 4 N–H and O–H groups in total. The van der Waals surface area contributed by atoms with E-state index in [4.69, 9.17) is 11.5 Å². The summed E-state index contributed by atoms with van der Waals surface area (Å²) in [5.41, 5.74) is 13.5. The van der Waals surface area contributed by atoms with Crippen LogP contribution in [0.1, 0.15) is 25.7 Å². The van der Waals surface area contributed by atoms with Crippen LogP contribution in [0, 0.1) is 23.5 Å². The number of benzene rings is 2. The fraction of sp³-hybridized carbons (Fsp3) is 0.455. The van der Waals surface area contributed by atoms with Crippen molar-refractivity contribution in [3.05, 3.63) is 48.0 Å². The molecule has 0 saturated carbocycles. The summed E-state index contributed by atoms with van der Waals surface area (Å²) in [7, 11) is 0. The summed E-state index contributed by atoms with van der Waals surface area (Å²) in [5, 5.41) is 0. The Bertz CT molecular complexity index is 756. The van der Waals surface area contributed by atoms with Gasteiger partial charge in [-0.3, -0.25) is 0 Å². The molecule has 2 aliphatic heterocycles. The zero-order chi connectivity index (χ0) is 19.7. The zero-order valence-electron chi connectivity index (χ0n) is 16.1. The van der Waals surface area contributed by atoms with Gasteiger partial charge in [-0.15, -0.1) is 0 Å². The van der Waals surface area contributed by atoms with Gasteiger partial charge in [-0.1, -0.05) is 0 Å². The van der Waals surface area contributed by atoms with Crippen LogP contribution in [0.4, 0.5) is 31.5 Å². The number of piperidine rings is 2. The molecule has 0 amide bonds. The Labute approximate surface area is 165 Å². The molecular formula is C22H28F2N4. The fourth-order valence-corrected chi connectivity index (χ4v) is 4.78. The molecule has 0 aliphatic carbocycles. The smallest absolute Gasteiger partial charge is 0.148 e. The third kappa shape index (κ3) is 3.86. The van der Waals surface area contributed by atoms with E-state index in [1.165, 1.54) is 12.1 Å². The van der Waals surface area contributed by atoms with Crippen molar-refractivity contribution in [2.24, 2.45) is 11.8 Å². The third-order valence-electron chi connectivity index (χ3n) is 6.37. The molecule has 4 rings (SSSR count). The fourth-order valence-electron chi connectivity index (χ4n) is 4.78. The predicted molar refractivity (Wildman–Crippen MR) is 111 cm³/mol. The average molecular weight is 386 g/mol. The maximum absolute atomic E-state index is 14.2. The minimum absolute atomic E-state index is 0.239. The molecule has 4 nitrogen and oxygen atoms in total. The van der Waals surface area contributed by atoms with Gasteiger partial charge in [0.25, 0.3) is 0 Å². The van der Waals surface area contributed by atoms with Crippen LogP contribution in [0.2, 0.25) is 0 Å². The summed E-state index contributed by atoms with van der Waals surface area (Å²) < 4.78 is 28.4. The summed E-state index contributed by atoms with van der Waals surface area (Å²) in [6.45, 7) is 3.49. The van der Waals surface area contributed by atoms with Crippen molar-refractivity contribution in [1.29, 1.82) is 0 Å². The SMILES string of the molecule is Nc1ccc(N2CCC(C3CCN(c4ccc(N)cc4F)CC3)CC2)c(F)c1. The van der Waals surface area contributed by atoms with Crippen LogP contribution < -0.4 is 21.3 Å². The van der Waals surface area contributed by atoms with Crippen LogP contribution in [-0.2, 0) is 0 Å². The standard InChI is InChI=1S/C22H28F2N4/c23-19-13-17(25)1-3-21(19)27-9-5-15(6-10-27)16-7-11-28(12-8-16)22-4-2-18(26)14-20(22)24/h1-4,13-16H,5-12,25-26H2. The van der Waals surface area contributed by atoms with E-state index in [0.29, 0.717) is 34.6 Å². The Morgan fingerprint density at radius 2 is 1.00 bits per heavy atom. The largest absolute Gasteiger partial charge is 0.399 e. The minimum Gasteiger partial charge on any atom is -0.399 e. The van der Waals surface area contributed by atoms with Crippen LogP contribution in [0.3, 0.4) is 0 Å². The molecule has 150 valence electrons. The van der Waals surface area contributed by atoms with Gasteiger partial charge in [-0.05, 0) is 73.9 Å².